The Morgan fingerprint density at radius 3 is 2.32 bits per heavy atom. The second kappa shape index (κ2) is 6.62. The first-order chi connectivity index (χ1) is 9.15. The molecule has 0 N–H and O–H groups in total. The monoisotopic (exact) mass is 320 g/mol. The van der Waals surface area contributed by atoms with E-state index in [1.165, 1.54) is 5.56 Å². The highest BCUT2D eigenvalue weighted by Gasteiger charge is 2.00. The van der Waals surface area contributed by atoms with Crippen LogP contribution in [0.25, 0.3) is 0 Å². The number of hydrogen-bond acceptors (Lipinski definition) is 2. The standard InChI is InChI=1S/C16H17BrO2/c1-12-3-4-13(2)16(11-12)19-10-9-18-15-7-5-14(17)6-8-15/h3-8,11H,9-10H2,1-2H3. The van der Waals surface area contributed by atoms with Crippen LogP contribution in [0, 0.1) is 13.8 Å². The molecule has 2 aromatic rings. The van der Waals surface area contributed by atoms with Gasteiger partial charge in [-0.05, 0) is 55.3 Å². The van der Waals surface area contributed by atoms with Crippen molar-refractivity contribution in [1.29, 1.82) is 0 Å². The molecule has 0 aromatic heterocycles. The highest BCUT2D eigenvalue weighted by molar-refractivity contribution is 9.10. The second-order valence-electron chi connectivity index (χ2n) is 4.42. The maximum Gasteiger partial charge on any atom is 0.122 e. The SMILES string of the molecule is Cc1ccc(C)c(OCCOc2ccc(Br)cc2)c1. The summed E-state index contributed by atoms with van der Waals surface area (Å²) in [6, 6.07) is 14.0. The van der Waals surface area contributed by atoms with Crippen molar-refractivity contribution in [3.05, 3.63) is 58.1 Å². The van der Waals surface area contributed by atoms with Crippen LogP contribution in [0.5, 0.6) is 11.5 Å². The molecular formula is C16H17BrO2. The summed E-state index contributed by atoms with van der Waals surface area (Å²) in [7, 11) is 0. The van der Waals surface area contributed by atoms with E-state index in [0.29, 0.717) is 13.2 Å². The maximum atomic E-state index is 5.73. The molecular weight excluding hydrogens is 304 g/mol. The van der Waals surface area contributed by atoms with E-state index in [4.69, 9.17) is 9.47 Å². The van der Waals surface area contributed by atoms with Crippen LogP contribution in [0.1, 0.15) is 11.1 Å². The molecule has 2 aromatic carbocycles. The van der Waals surface area contributed by atoms with Gasteiger partial charge in [-0.1, -0.05) is 28.1 Å². The Morgan fingerprint density at radius 1 is 0.895 bits per heavy atom. The maximum absolute atomic E-state index is 5.73. The van der Waals surface area contributed by atoms with E-state index in [-0.39, 0.29) is 0 Å². The predicted octanol–water partition coefficient (Wildman–Crippen LogP) is 4.52. The topological polar surface area (TPSA) is 18.5 Å². The first-order valence-corrected chi connectivity index (χ1v) is 7.03. The lowest BCUT2D eigenvalue weighted by molar-refractivity contribution is 0.216. The highest BCUT2D eigenvalue weighted by Crippen LogP contribution is 2.19. The van der Waals surface area contributed by atoms with Crippen LogP contribution in [0.15, 0.2) is 46.9 Å². The molecule has 100 valence electrons. The van der Waals surface area contributed by atoms with Gasteiger partial charge in [-0.2, -0.15) is 0 Å². The van der Waals surface area contributed by atoms with Crippen LogP contribution in [0.2, 0.25) is 0 Å². The van der Waals surface area contributed by atoms with Crippen molar-refractivity contribution >= 4 is 15.9 Å². The van der Waals surface area contributed by atoms with E-state index in [9.17, 15) is 0 Å². The van der Waals surface area contributed by atoms with Gasteiger partial charge in [0, 0.05) is 4.47 Å². The molecule has 0 bridgehead atoms. The Labute approximate surface area is 122 Å². The van der Waals surface area contributed by atoms with Gasteiger partial charge in [0.05, 0.1) is 0 Å². The quantitative estimate of drug-likeness (QED) is 0.754. The zero-order valence-electron chi connectivity index (χ0n) is 11.2. The Morgan fingerprint density at radius 2 is 1.58 bits per heavy atom. The fourth-order valence-corrected chi connectivity index (χ4v) is 1.97. The van der Waals surface area contributed by atoms with Crippen molar-refractivity contribution in [3.63, 3.8) is 0 Å². The molecule has 0 amide bonds. The molecule has 0 atom stereocenters. The van der Waals surface area contributed by atoms with Gasteiger partial charge in [0.25, 0.3) is 0 Å². The molecule has 3 heteroatoms. The summed E-state index contributed by atoms with van der Waals surface area (Å²) in [6.45, 7) is 5.18. The summed E-state index contributed by atoms with van der Waals surface area (Å²) in [5.74, 6) is 1.78. The summed E-state index contributed by atoms with van der Waals surface area (Å²) >= 11 is 3.39. The fourth-order valence-electron chi connectivity index (χ4n) is 1.70. The van der Waals surface area contributed by atoms with Crippen molar-refractivity contribution in [2.75, 3.05) is 13.2 Å². The van der Waals surface area contributed by atoms with Crippen molar-refractivity contribution in [3.8, 4) is 11.5 Å². The minimum absolute atomic E-state index is 0.537. The third-order valence-electron chi connectivity index (χ3n) is 2.77. The molecule has 0 saturated carbocycles. The van der Waals surface area contributed by atoms with Crippen molar-refractivity contribution in [1.82, 2.24) is 0 Å². The Kier molecular flexibility index (Phi) is 4.86. The van der Waals surface area contributed by atoms with Gasteiger partial charge in [0.15, 0.2) is 0 Å². The second-order valence-corrected chi connectivity index (χ2v) is 5.34. The molecule has 0 heterocycles. The molecule has 0 radical (unpaired) electrons. The van der Waals surface area contributed by atoms with Crippen LogP contribution in [0.3, 0.4) is 0 Å². The van der Waals surface area contributed by atoms with Crippen LogP contribution >= 0.6 is 15.9 Å². The summed E-state index contributed by atoms with van der Waals surface area (Å²) < 4.78 is 12.4. The van der Waals surface area contributed by atoms with Crippen LogP contribution in [-0.4, -0.2) is 13.2 Å². The molecule has 2 rings (SSSR count). The van der Waals surface area contributed by atoms with E-state index in [0.717, 1.165) is 21.5 Å². The number of aryl methyl sites for hydroxylation is 2. The van der Waals surface area contributed by atoms with Gasteiger partial charge in [0.2, 0.25) is 0 Å². The largest absolute Gasteiger partial charge is 0.490 e. The Bertz CT molecular complexity index is 535. The number of halogens is 1. The molecule has 0 saturated heterocycles. The fraction of sp³-hybridized carbons (Fsp3) is 0.250. The van der Waals surface area contributed by atoms with E-state index in [1.54, 1.807) is 0 Å². The first kappa shape index (κ1) is 13.9. The van der Waals surface area contributed by atoms with Gasteiger partial charge in [-0.15, -0.1) is 0 Å². The van der Waals surface area contributed by atoms with E-state index >= 15 is 0 Å². The van der Waals surface area contributed by atoms with Crippen LogP contribution < -0.4 is 9.47 Å². The van der Waals surface area contributed by atoms with Crippen molar-refractivity contribution in [2.24, 2.45) is 0 Å². The molecule has 19 heavy (non-hydrogen) atoms. The third-order valence-corrected chi connectivity index (χ3v) is 3.30. The summed E-state index contributed by atoms with van der Waals surface area (Å²) in [5, 5.41) is 0. The molecule has 0 unspecified atom stereocenters. The van der Waals surface area contributed by atoms with Gasteiger partial charge < -0.3 is 9.47 Å². The third kappa shape index (κ3) is 4.28. The van der Waals surface area contributed by atoms with E-state index in [1.807, 2.05) is 31.2 Å². The summed E-state index contributed by atoms with van der Waals surface area (Å²) in [6.07, 6.45) is 0. The molecule has 0 fully saturated rings. The summed E-state index contributed by atoms with van der Waals surface area (Å²) in [5.41, 5.74) is 2.35. The number of rotatable bonds is 5. The molecule has 0 aliphatic heterocycles. The van der Waals surface area contributed by atoms with Gasteiger partial charge in [-0.3, -0.25) is 0 Å². The Balaban J connectivity index is 1.80. The minimum Gasteiger partial charge on any atom is -0.490 e. The summed E-state index contributed by atoms with van der Waals surface area (Å²) in [4.78, 5) is 0. The van der Waals surface area contributed by atoms with Crippen molar-refractivity contribution in [2.45, 2.75) is 13.8 Å². The predicted molar refractivity (Wildman–Crippen MR) is 81.0 cm³/mol. The van der Waals surface area contributed by atoms with Crippen LogP contribution in [-0.2, 0) is 0 Å². The number of ether oxygens (including phenoxy) is 2. The zero-order chi connectivity index (χ0) is 13.7. The smallest absolute Gasteiger partial charge is 0.122 e. The normalized spacial score (nSPS) is 10.3. The van der Waals surface area contributed by atoms with E-state index < -0.39 is 0 Å². The number of hydrogen-bond donors (Lipinski definition) is 0. The average Bonchev–Trinajstić information content (AvgIpc) is 2.40. The van der Waals surface area contributed by atoms with Crippen molar-refractivity contribution < 1.29 is 9.47 Å². The van der Waals surface area contributed by atoms with E-state index in [2.05, 4.69) is 41.1 Å². The lowest BCUT2D eigenvalue weighted by Crippen LogP contribution is -2.09. The van der Waals surface area contributed by atoms with Crippen LogP contribution in [0.4, 0.5) is 0 Å². The van der Waals surface area contributed by atoms with Gasteiger partial charge in [0.1, 0.15) is 24.7 Å². The molecule has 0 aliphatic carbocycles. The average molecular weight is 321 g/mol. The lowest BCUT2D eigenvalue weighted by atomic mass is 10.1. The lowest BCUT2D eigenvalue weighted by Gasteiger charge is -2.11. The zero-order valence-corrected chi connectivity index (χ0v) is 12.7. The molecule has 0 aliphatic rings. The van der Waals surface area contributed by atoms with Gasteiger partial charge in [-0.25, -0.2) is 0 Å². The Hall–Kier alpha value is -1.48. The highest BCUT2D eigenvalue weighted by atomic mass is 79.9. The first-order valence-electron chi connectivity index (χ1n) is 6.23. The molecule has 2 nitrogen and oxygen atoms in total. The number of benzene rings is 2. The minimum atomic E-state index is 0.537. The molecule has 0 spiro atoms. The van der Waals surface area contributed by atoms with Gasteiger partial charge >= 0.3 is 0 Å².